The van der Waals surface area contributed by atoms with E-state index in [1.807, 2.05) is 0 Å². The summed E-state index contributed by atoms with van der Waals surface area (Å²) in [7, 11) is 0. The number of nitrogens with two attached hydrogens (primary N) is 1. The number of hydrogen-bond acceptors (Lipinski definition) is 3. The van der Waals surface area contributed by atoms with Gasteiger partial charge >= 0.3 is 5.97 Å². The predicted molar refractivity (Wildman–Crippen MR) is 84.4 cm³/mol. The van der Waals surface area contributed by atoms with E-state index in [1.165, 1.54) is 18.2 Å². The van der Waals surface area contributed by atoms with E-state index in [-0.39, 0.29) is 16.1 Å². The van der Waals surface area contributed by atoms with Crippen molar-refractivity contribution < 1.29 is 14.7 Å². The lowest BCUT2D eigenvalue weighted by Crippen LogP contribution is -2.11. The SMILES string of the molecule is NC(=O)c1ccc(Nc2ccc(C(=O)O)cc2Br)cc1Cl. The van der Waals surface area contributed by atoms with E-state index in [0.29, 0.717) is 15.8 Å². The lowest BCUT2D eigenvalue weighted by Gasteiger charge is -2.10. The Balaban J connectivity index is 2.28. The predicted octanol–water partition coefficient (Wildman–Crippen LogP) is 3.64. The van der Waals surface area contributed by atoms with Crippen LogP contribution >= 0.6 is 27.5 Å². The smallest absolute Gasteiger partial charge is 0.335 e. The van der Waals surface area contributed by atoms with Gasteiger partial charge in [0.2, 0.25) is 5.91 Å². The minimum absolute atomic E-state index is 0.175. The van der Waals surface area contributed by atoms with Gasteiger partial charge in [0.1, 0.15) is 0 Å². The number of amides is 1. The van der Waals surface area contributed by atoms with Crippen LogP contribution in [0.5, 0.6) is 0 Å². The molecule has 0 saturated carbocycles. The summed E-state index contributed by atoms with van der Waals surface area (Å²) in [5.41, 5.74) is 6.91. The molecule has 4 N–H and O–H groups in total. The topological polar surface area (TPSA) is 92.4 Å². The number of aromatic carboxylic acids is 1. The number of halogens is 2. The number of carboxylic acid groups (broad SMARTS) is 1. The Labute approximate surface area is 133 Å². The fourth-order valence-corrected chi connectivity index (χ4v) is 2.45. The maximum Gasteiger partial charge on any atom is 0.335 e. The monoisotopic (exact) mass is 368 g/mol. The van der Waals surface area contributed by atoms with E-state index in [2.05, 4.69) is 21.2 Å². The summed E-state index contributed by atoms with van der Waals surface area (Å²) < 4.78 is 0.595. The Morgan fingerprint density at radius 1 is 1.19 bits per heavy atom. The van der Waals surface area contributed by atoms with Crippen LogP contribution in [-0.2, 0) is 0 Å². The van der Waals surface area contributed by atoms with Crippen LogP contribution in [0.15, 0.2) is 40.9 Å². The summed E-state index contributed by atoms with van der Waals surface area (Å²) >= 11 is 9.26. The van der Waals surface area contributed by atoms with Crippen molar-refractivity contribution in [2.45, 2.75) is 0 Å². The Kier molecular flexibility index (Phi) is 4.50. The first-order chi connectivity index (χ1) is 9.88. The average molecular weight is 370 g/mol. The minimum Gasteiger partial charge on any atom is -0.478 e. The molecule has 2 aromatic carbocycles. The van der Waals surface area contributed by atoms with Gasteiger partial charge in [0.25, 0.3) is 0 Å². The van der Waals surface area contributed by atoms with Crippen molar-refractivity contribution in [1.29, 1.82) is 0 Å². The van der Waals surface area contributed by atoms with E-state index >= 15 is 0 Å². The molecule has 0 atom stereocenters. The highest BCUT2D eigenvalue weighted by Crippen LogP contribution is 2.29. The van der Waals surface area contributed by atoms with Crippen LogP contribution in [0.4, 0.5) is 11.4 Å². The molecule has 0 heterocycles. The van der Waals surface area contributed by atoms with Crippen molar-refractivity contribution in [3.63, 3.8) is 0 Å². The van der Waals surface area contributed by atoms with Crippen LogP contribution in [0.25, 0.3) is 0 Å². The van der Waals surface area contributed by atoms with Gasteiger partial charge in [-0.05, 0) is 52.3 Å². The van der Waals surface area contributed by atoms with Crippen molar-refractivity contribution >= 4 is 50.8 Å². The van der Waals surface area contributed by atoms with Gasteiger partial charge in [-0.1, -0.05) is 11.6 Å². The number of benzene rings is 2. The molecule has 0 radical (unpaired) electrons. The highest BCUT2D eigenvalue weighted by molar-refractivity contribution is 9.10. The summed E-state index contributed by atoms with van der Waals surface area (Å²) in [6.45, 7) is 0. The highest BCUT2D eigenvalue weighted by Gasteiger charge is 2.09. The number of carbonyl (C=O) groups is 2. The zero-order valence-corrected chi connectivity index (χ0v) is 12.9. The molecule has 0 saturated heterocycles. The Morgan fingerprint density at radius 2 is 1.90 bits per heavy atom. The maximum absolute atomic E-state index is 11.1. The molecular formula is C14H10BrClN2O3. The van der Waals surface area contributed by atoms with Gasteiger partial charge in [0.15, 0.2) is 0 Å². The van der Waals surface area contributed by atoms with Crippen molar-refractivity contribution in [2.24, 2.45) is 5.73 Å². The summed E-state index contributed by atoms with van der Waals surface area (Å²) in [5.74, 6) is -1.60. The van der Waals surface area contributed by atoms with Gasteiger partial charge in [-0.15, -0.1) is 0 Å². The number of anilines is 2. The van der Waals surface area contributed by atoms with Crippen molar-refractivity contribution in [3.05, 3.63) is 57.0 Å². The van der Waals surface area contributed by atoms with Crippen LogP contribution < -0.4 is 11.1 Å². The largest absolute Gasteiger partial charge is 0.478 e. The molecule has 21 heavy (non-hydrogen) atoms. The highest BCUT2D eigenvalue weighted by atomic mass is 79.9. The molecule has 7 heteroatoms. The molecule has 1 amide bonds. The molecule has 108 valence electrons. The van der Waals surface area contributed by atoms with Gasteiger partial charge in [-0.2, -0.15) is 0 Å². The summed E-state index contributed by atoms with van der Waals surface area (Å²) in [5, 5.41) is 12.2. The fraction of sp³-hybridized carbons (Fsp3) is 0. The second kappa shape index (κ2) is 6.15. The first-order valence-corrected chi connectivity index (χ1v) is 6.95. The van der Waals surface area contributed by atoms with Crippen LogP contribution in [0.3, 0.4) is 0 Å². The molecule has 2 aromatic rings. The molecule has 0 unspecified atom stereocenters. The molecule has 0 aliphatic rings. The van der Waals surface area contributed by atoms with Crippen LogP contribution in [0, 0.1) is 0 Å². The van der Waals surface area contributed by atoms with Gasteiger partial charge in [-0.25, -0.2) is 4.79 Å². The number of nitrogens with one attached hydrogen (secondary N) is 1. The van der Waals surface area contributed by atoms with E-state index in [1.54, 1.807) is 18.2 Å². The van der Waals surface area contributed by atoms with Gasteiger partial charge in [0, 0.05) is 10.2 Å². The average Bonchev–Trinajstić information content (AvgIpc) is 2.40. The molecule has 0 aromatic heterocycles. The molecular weight excluding hydrogens is 360 g/mol. The Bertz CT molecular complexity index is 734. The third-order valence-electron chi connectivity index (χ3n) is 2.73. The minimum atomic E-state index is -1.00. The molecule has 0 spiro atoms. The Hall–Kier alpha value is -2.05. The van der Waals surface area contributed by atoms with Crippen molar-refractivity contribution in [3.8, 4) is 0 Å². The van der Waals surface area contributed by atoms with Crippen LogP contribution in [0.2, 0.25) is 5.02 Å². The maximum atomic E-state index is 11.1. The number of carboxylic acids is 1. The standard InChI is InChI=1S/C14H10BrClN2O3/c15-10-5-7(14(20)21)1-4-12(10)18-8-2-3-9(13(17)19)11(16)6-8/h1-6,18H,(H2,17,19)(H,20,21). The van der Waals surface area contributed by atoms with Gasteiger partial charge < -0.3 is 16.2 Å². The second-order valence-electron chi connectivity index (χ2n) is 4.18. The van der Waals surface area contributed by atoms with E-state index in [9.17, 15) is 9.59 Å². The van der Waals surface area contributed by atoms with E-state index in [4.69, 9.17) is 22.4 Å². The molecule has 5 nitrogen and oxygen atoms in total. The fourth-order valence-electron chi connectivity index (χ4n) is 1.70. The molecule has 0 bridgehead atoms. The van der Waals surface area contributed by atoms with Gasteiger partial charge in [-0.3, -0.25) is 4.79 Å². The van der Waals surface area contributed by atoms with Crippen molar-refractivity contribution in [1.82, 2.24) is 0 Å². The lowest BCUT2D eigenvalue weighted by molar-refractivity contribution is 0.0696. The summed E-state index contributed by atoms with van der Waals surface area (Å²) in [6.07, 6.45) is 0. The number of primary amides is 1. The van der Waals surface area contributed by atoms with Crippen LogP contribution in [0.1, 0.15) is 20.7 Å². The first-order valence-electron chi connectivity index (χ1n) is 5.77. The molecule has 2 rings (SSSR count). The number of hydrogen-bond donors (Lipinski definition) is 3. The Morgan fingerprint density at radius 3 is 2.43 bits per heavy atom. The quantitative estimate of drug-likeness (QED) is 0.767. The summed E-state index contributed by atoms with van der Waals surface area (Å²) in [4.78, 5) is 22.0. The number of carbonyl (C=O) groups excluding carboxylic acids is 1. The zero-order valence-electron chi connectivity index (χ0n) is 10.6. The number of rotatable bonds is 4. The van der Waals surface area contributed by atoms with Crippen molar-refractivity contribution in [2.75, 3.05) is 5.32 Å². The lowest BCUT2D eigenvalue weighted by atomic mass is 10.1. The third-order valence-corrected chi connectivity index (χ3v) is 3.70. The molecule has 0 aliphatic heterocycles. The summed E-state index contributed by atoms with van der Waals surface area (Å²) in [6, 6.07) is 9.34. The molecule has 0 aliphatic carbocycles. The van der Waals surface area contributed by atoms with Gasteiger partial charge in [0.05, 0.1) is 21.8 Å². The van der Waals surface area contributed by atoms with Crippen LogP contribution in [-0.4, -0.2) is 17.0 Å². The van der Waals surface area contributed by atoms with E-state index in [0.717, 1.165) is 0 Å². The normalized spacial score (nSPS) is 10.2. The van der Waals surface area contributed by atoms with E-state index < -0.39 is 11.9 Å². The zero-order chi connectivity index (χ0) is 15.6. The molecule has 0 fully saturated rings. The third kappa shape index (κ3) is 3.53. The second-order valence-corrected chi connectivity index (χ2v) is 5.45. The first kappa shape index (κ1) is 15.3.